The van der Waals surface area contributed by atoms with Crippen LogP contribution in [0, 0.1) is 5.41 Å². The minimum atomic E-state index is -2.98. The standard InChI is InChI=1S/C10H12F2N2O2/c1-10(2)4-5(10)9-13-7(16-14-9)3-6(15)8(11)12/h5,8H,3-4H2,1-2H3. The number of halogens is 2. The van der Waals surface area contributed by atoms with Gasteiger partial charge in [0.25, 0.3) is 6.43 Å². The van der Waals surface area contributed by atoms with E-state index in [0.29, 0.717) is 5.82 Å². The summed E-state index contributed by atoms with van der Waals surface area (Å²) in [7, 11) is 0. The fourth-order valence-electron chi connectivity index (χ4n) is 1.62. The number of Topliss-reactive ketones (excluding diaryl/α,β-unsaturated/α-hetero) is 1. The normalized spacial score (nSPS) is 22.4. The Hall–Kier alpha value is -1.33. The van der Waals surface area contributed by atoms with Crippen molar-refractivity contribution in [1.82, 2.24) is 10.1 Å². The average Bonchev–Trinajstić information content (AvgIpc) is 2.60. The van der Waals surface area contributed by atoms with Crippen LogP contribution in [0.4, 0.5) is 8.78 Å². The highest BCUT2D eigenvalue weighted by molar-refractivity contribution is 5.82. The quantitative estimate of drug-likeness (QED) is 0.793. The number of carbonyl (C=O) groups is 1. The maximum atomic E-state index is 12.0. The van der Waals surface area contributed by atoms with Crippen molar-refractivity contribution in [2.75, 3.05) is 0 Å². The van der Waals surface area contributed by atoms with Crippen molar-refractivity contribution < 1.29 is 18.1 Å². The Morgan fingerprint density at radius 2 is 2.25 bits per heavy atom. The Kier molecular flexibility index (Phi) is 2.52. The minimum absolute atomic E-state index is 0.0250. The first kappa shape index (κ1) is 11.2. The van der Waals surface area contributed by atoms with E-state index in [1.807, 2.05) is 0 Å². The van der Waals surface area contributed by atoms with Crippen LogP contribution in [-0.2, 0) is 11.2 Å². The smallest absolute Gasteiger partial charge is 0.296 e. The second-order valence-electron chi connectivity index (χ2n) is 4.74. The summed E-state index contributed by atoms with van der Waals surface area (Å²) < 4.78 is 28.7. The number of alkyl halides is 2. The molecule has 1 aromatic heterocycles. The highest BCUT2D eigenvalue weighted by Crippen LogP contribution is 2.57. The van der Waals surface area contributed by atoms with E-state index in [0.717, 1.165) is 6.42 Å². The Morgan fingerprint density at radius 1 is 1.62 bits per heavy atom. The van der Waals surface area contributed by atoms with Crippen LogP contribution >= 0.6 is 0 Å². The predicted octanol–water partition coefficient (Wildman–Crippen LogP) is 1.96. The molecule has 0 amide bonds. The van der Waals surface area contributed by atoms with Crippen LogP contribution in [0.2, 0.25) is 0 Å². The maximum absolute atomic E-state index is 12.0. The van der Waals surface area contributed by atoms with Crippen LogP contribution in [0.3, 0.4) is 0 Å². The molecule has 0 N–H and O–H groups in total. The summed E-state index contributed by atoms with van der Waals surface area (Å²) in [6, 6.07) is 0. The number of carbonyl (C=O) groups excluding carboxylic acids is 1. The Bertz CT molecular complexity index is 415. The zero-order chi connectivity index (χ0) is 11.9. The van der Waals surface area contributed by atoms with Crippen molar-refractivity contribution >= 4 is 5.78 Å². The molecule has 88 valence electrons. The highest BCUT2D eigenvalue weighted by atomic mass is 19.3. The van der Waals surface area contributed by atoms with E-state index < -0.39 is 18.6 Å². The van der Waals surface area contributed by atoms with Crippen molar-refractivity contribution in [3.05, 3.63) is 11.7 Å². The largest absolute Gasteiger partial charge is 0.339 e. The van der Waals surface area contributed by atoms with E-state index in [1.165, 1.54) is 0 Å². The molecule has 0 radical (unpaired) electrons. The molecule has 0 aromatic carbocycles. The monoisotopic (exact) mass is 230 g/mol. The fourth-order valence-corrected chi connectivity index (χ4v) is 1.62. The van der Waals surface area contributed by atoms with Crippen molar-refractivity contribution in [2.45, 2.75) is 39.0 Å². The molecule has 1 heterocycles. The van der Waals surface area contributed by atoms with Crippen molar-refractivity contribution in [3.8, 4) is 0 Å². The van der Waals surface area contributed by atoms with Gasteiger partial charge in [0, 0.05) is 5.92 Å². The van der Waals surface area contributed by atoms with Gasteiger partial charge in [-0.15, -0.1) is 0 Å². The van der Waals surface area contributed by atoms with Gasteiger partial charge in [-0.25, -0.2) is 8.78 Å². The Balaban J connectivity index is 2.01. The van der Waals surface area contributed by atoms with E-state index >= 15 is 0 Å². The second-order valence-corrected chi connectivity index (χ2v) is 4.74. The molecule has 4 nitrogen and oxygen atoms in total. The van der Waals surface area contributed by atoms with Crippen molar-refractivity contribution in [3.63, 3.8) is 0 Å². The first-order valence-electron chi connectivity index (χ1n) is 5.03. The van der Waals surface area contributed by atoms with Crippen LogP contribution in [0.5, 0.6) is 0 Å². The Labute approximate surface area is 91.0 Å². The molecule has 1 saturated carbocycles. The average molecular weight is 230 g/mol. The van der Waals surface area contributed by atoms with Gasteiger partial charge < -0.3 is 4.52 Å². The molecule has 0 spiro atoms. The zero-order valence-corrected chi connectivity index (χ0v) is 9.04. The highest BCUT2D eigenvalue weighted by Gasteiger charge is 2.49. The van der Waals surface area contributed by atoms with Gasteiger partial charge in [-0.05, 0) is 11.8 Å². The summed E-state index contributed by atoms with van der Waals surface area (Å²) in [6.45, 7) is 4.13. The van der Waals surface area contributed by atoms with Crippen LogP contribution in [0.15, 0.2) is 4.52 Å². The van der Waals surface area contributed by atoms with Gasteiger partial charge in [0.15, 0.2) is 5.82 Å². The molecule has 1 aliphatic carbocycles. The van der Waals surface area contributed by atoms with Crippen LogP contribution < -0.4 is 0 Å². The molecule has 0 bridgehead atoms. The lowest BCUT2D eigenvalue weighted by molar-refractivity contribution is -0.129. The van der Waals surface area contributed by atoms with E-state index in [-0.39, 0.29) is 17.2 Å². The van der Waals surface area contributed by atoms with E-state index in [1.54, 1.807) is 0 Å². The third-order valence-electron chi connectivity index (χ3n) is 2.88. The van der Waals surface area contributed by atoms with Gasteiger partial charge in [0.2, 0.25) is 11.7 Å². The SMILES string of the molecule is CC1(C)CC1c1noc(CC(=O)C(F)F)n1. The summed E-state index contributed by atoms with van der Waals surface area (Å²) in [5.74, 6) is -0.484. The number of aromatic nitrogens is 2. The molecule has 0 saturated heterocycles. The Morgan fingerprint density at radius 3 is 2.75 bits per heavy atom. The van der Waals surface area contributed by atoms with Crippen LogP contribution in [0.1, 0.15) is 37.9 Å². The second kappa shape index (κ2) is 3.61. The summed E-state index contributed by atoms with van der Waals surface area (Å²) in [6.07, 6.45) is -2.51. The van der Waals surface area contributed by atoms with Crippen LogP contribution in [0.25, 0.3) is 0 Å². The molecular weight excluding hydrogens is 218 g/mol. The molecule has 1 aromatic rings. The third kappa shape index (κ3) is 2.10. The molecule has 1 fully saturated rings. The number of ketones is 1. The lowest BCUT2D eigenvalue weighted by atomic mass is 10.1. The molecular formula is C10H12F2N2O2. The summed E-state index contributed by atoms with van der Waals surface area (Å²) in [5, 5.41) is 3.70. The molecule has 16 heavy (non-hydrogen) atoms. The number of hydrogen-bond donors (Lipinski definition) is 0. The summed E-state index contributed by atoms with van der Waals surface area (Å²) in [4.78, 5) is 14.7. The van der Waals surface area contributed by atoms with Crippen LogP contribution in [-0.4, -0.2) is 22.3 Å². The van der Waals surface area contributed by atoms with Gasteiger partial charge in [-0.1, -0.05) is 19.0 Å². The lowest BCUT2D eigenvalue weighted by Gasteiger charge is -1.95. The molecule has 2 rings (SSSR count). The molecule has 1 atom stereocenters. The van der Waals surface area contributed by atoms with E-state index in [2.05, 4.69) is 24.0 Å². The number of nitrogens with zero attached hydrogens (tertiary/aromatic N) is 2. The van der Waals surface area contributed by atoms with Gasteiger partial charge in [0.05, 0.1) is 6.42 Å². The fraction of sp³-hybridized carbons (Fsp3) is 0.700. The number of rotatable bonds is 4. The molecule has 0 aliphatic heterocycles. The van der Waals surface area contributed by atoms with Gasteiger partial charge in [-0.2, -0.15) is 4.98 Å². The summed E-state index contributed by atoms with van der Waals surface area (Å²) >= 11 is 0. The summed E-state index contributed by atoms with van der Waals surface area (Å²) in [5.41, 5.74) is 0.147. The predicted molar refractivity (Wildman–Crippen MR) is 50.2 cm³/mol. The maximum Gasteiger partial charge on any atom is 0.296 e. The van der Waals surface area contributed by atoms with Gasteiger partial charge in [0.1, 0.15) is 0 Å². The zero-order valence-electron chi connectivity index (χ0n) is 9.04. The van der Waals surface area contributed by atoms with E-state index in [4.69, 9.17) is 4.52 Å². The van der Waals surface area contributed by atoms with Crippen molar-refractivity contribution in [1.29, 1.82) is 0 Å². The third-order valence-corrected chi connectivity index (χ3v) is 2.88. The van der Waals surface area contributed by atoms with Crippen molar-refractivity contribution in [2.24, 2.45) is 5.41 Å². The van der Waals surface area contributed by atoms with E-state index in [9.17, 15) is 13.6 Å². The molecule has 1 aliphatic rings. The van der Waals surface area contributed by atoms with Gasteiger partial charge >= 0.3 is 0 Å². The number of hydrogen-bond acceptors (Lipinski definition) is 4. The molecule has 1 unspecified atom stereocenters. The first-order valence-corrected chi connectivity index (χ1v) is 5.03. The van der Waals surface area contributed by atoms with Gasteiger partial charge in [-0.3, -0.25) is 4.79 Å². The minimum Gasteiger partial charge on any atom is -0.339 e. The molecule has 6 heteroatoms. The first-order chi connectivity index (χ1) is 7.40. The lowest BCUT2D eigenvalue weighted by Crippen LogP contribution is -2.13. The topological polar surface area (TPSA) is 56.0 Å².